The van der Waals surface area contributed by atoms with Crippen molar-refractivity contribution in [3.8, 4) is 0 Å². The van der Waals surface area contributed by atoms with Crippen LogP contribution in [0.25, 0.3) is 0 Å². The van der Waals surface area contributed by atoms with E-state index >= 15 is 0 Å². The minimum atomic E-state index is -0.454. The second kappa shape index (κ2) is 6.18. The van der Waals surface area contributed by atoms with E-state index in [0.717, 1.165) is 36.3 Å². The third-order valence-corrected chi connectivity index (χ3v) is 4.01. The van der Waals surface area contributed by atoms with Crippen molar-refractivity contribution in [2.45, 2.75) is 71.6 Å². The smallest absolute Gasteiger partial charge is 0.407 e. The predicted molar refractivity (Wildman–Crippen MR) is 87.1 cm³/mol. The van der Waals surface area contributed by atoms with Crippen LogP contribution in [0.4, 0.5) is 10.5 Å². The van der Waals surface area contributed by atoms with Crippen molar-refractivity contribution in [1.82, 2.24) is 15.1 Å². The normalized spacial score (nSPS) is 21.7. The van der Waals surface area contributed by atoms with Gasteiger partial charge in [0.25, 0.3) is 0 Å². The van der Waals surface area contributed by atoms with Crippen molar-refractivity contribution < 1.29 is 9.53 Å². The van der Waals surface area contributed by atoms with Gasteiger partial charge in [0.15, 0.2) is 0 Å². The number of carbonyl (C=O) groups excluding carboxylic acids is 1. The SMILES string of the molecule is Cc1nn(C)c(C)c1NC1CCC(NC(=O)OC(C)(C)C)C1. The summed E-state index contributed by atoms with van der Waals surface area (Å²) < 4.78 is 7.20. The molecule has 2 rings (SSSR count). The van der Waals surface area contributed by atoms with E-state index in [1.165, 1.54) is 0 Å². The van der Waals surface area contributed by atoms with E-state index in [1.807, 2.05) is 39.4 Å². The predicted octanol–water partition coefficient (Wildman–Crippen LogP) is 2.89. The van der Waals surface area contributed by atoms with E-state index in [4.69, 9.17) is 4.74 Å². The quantitative estimate of drug-likeness (QED) is 0.901. The number of hydrogen-bond acceptors (Lipinski definition) is 4. The molecule has 1 heterocycles. The van der Waals surface area contributed by atoms with Crippen molar-refractivity contribution in [1.29, 1.82) is 0 Å². The zero-order valence-corrected chi connectivity index (χ0v) is 14.5. The summed E-state index contributed by atoms with van der Waals surface area (Å²) in [5.74, 6) is 0. The van der Waals surface area contributed by atoms with Crippen LogP contribution in [0, 0.1) is 13.8 Å². The number of rotatable bonds is 3. The summed E-state index contributed by atoms with van der Waals surface area (Å²) >= 11 is 0. The van der Waals surface area contributed by atoms with Crippen molar-refractivity contribution in [3.63, 3.8) is 0 Å². The summed E-state index contributed by atoms with van der Waals surface area (Å²) in [6.45, 7) is 9.70. The highest BCUT2D eigenvalue weighted by molar-refractivity contribution is 5.68. The third-order valence-electron chi connectivity index (χ3n) is 4.01. The average molecular weight is 308 g/mol. The molecular formula is C16H28N4O2. The molecule has 2 N–H and O–H groups in total. The van der Waals surface area contributed by atoms with Crippen LogP contribution in [0.15, 0.2) is 0 Å². The molecule has 0 aliphatic heterocycles. The number of nitrogens with zero attached hydrogens (tertiary/aromatic N) is 2. The first-order valence-electron chi connectivity index (χ1n) is 7.92. The van der Waals surface area contributed by atoms with Crippen molar-refractivity contribution in [3.05, 3.63) is 11.4 Å². The Hall–Kier alpha value is -1.72. The van der Waals surface area contributed by atoms with Crippen LogP contribution in [0.2, 0.25) is 0 Å². The number of anilines is 1. The largest absolute Gasteiger partial charge is 0.444 e. The van der Waals surface area contributed by atoms with Gasteiger partial charge in [0, 0.05) is 19.1 Å². The molecule has 0 radical (unpaired) electrons. The second-order valence-corrected chi connectivity index (χ2v) is 7.17. The molecule has 124 valence electrons. The van der Waals surface area contributed by atoms with Gasteiger partial charge < -0.3 is 15.4 Å². The molecule has 1 aromatic rings. The van der Waals surface area contributed by atoms with Gasteiger partial charge in [0.1, 0.15) is 5.60 Å². The number of hydrogen-bond donors (Lipinski definition) is 2. The van der Waals surface area contributed by atoms with Crippen LogP contribution >= 0.6 is 0 Å². The second-order valence-electron chi connectivity index (χ2n) is 7.17. The number of amides is 1. The van der Waals surface area contributed by atoms with Gasteiger partial charge in [-0.2, -0.15) is 5.10 Å². The summed E-state index contributed by atoms with van der Waals surface area (Å²) in [7, 11) is 1.95. The Morgan fingerprint density at radius 3 is 2.45 bits per heavy atom. The number of aromatic nitrogens is 2. The molecule has 0 aromatic carbocycles. The van der Waals surface area contributed by atoms with Gasteiger partial charge in [0.2, 0.25) is 0 Å². The van der Waals surface area contributed by atoms with Crippen molar-refractivity contribution in [2.75, 3.05) is 5.32 Å². The molecule has 0 spiro atoms. The van der Waals surface area contributed by atoms with Gasteiger partial charge in [-0.25, -0.2) is 4.79 Å². The molecule has 1 fully saturated rings. The number of carbonyl (C=O) groups is 1. The zero-order valence-electron chi connectivity index (χ0n) is 14.5. The molecule has 0 bridgehead atoms. The Morgan fingerprint density at radius 1 is 1.27 bits per heavy atom. The van der Waals surface area contributed by atoms with Crippen LogP contribution in [-0.2, 0) is 11.8 Å². The molecule has 6 nitrogen and oxygen atoms in total. The van der Waals surface area contributed by atoms with E-state index in [-0.39, 0.29) is 12.1 Å². The molecule has 2 atom stereocenters. The molecule has 1 aliphatic rings. The van der Waals surface area contributed by atoms with E-state index in [2.05, 4.69) is 22.7 Å². The summed E-state index contributed by atoms with van der Waals surface area (Å²) in [4.78, 5) is 11.8. The molecular weight excluding hydrogens is 280 g/mol. The third kappa shape index (κ3) is 4.15. The summed E-state index contributed by atoms with van der Waals surface area (Å²) in [6.07, 6.45) is 2.59. The number of alkyl carbamates (subject to hydrolysis) is 1. The first-order valence-corrected chi connectivity index (χ1v) is 7.92. The number of ether oxygens (including phenoxy) is 1. The maximum atomic E-state index is 11.8. The fourth-order valence-corrected chi connectivity index (χ4v) is 2.90. The minimum Gasteiger partial charge on any atom is -0.444 e. The molecule has 1 aliphatic carbocycles. The highest BCUT2D eigenvalue weighted by Gasteiger charge is 2.28. The van der Waals surface area contributed by atoms with E-state index in [1.54, 1.807) is 0 Å². The van der Waals surface area contributed by atoms with Crippen LogP contribution in [-0.4, -0.2) is 33.6 Å². The Bertz CT molecular complexity index is 545. The van der Waals surface area contributed by atoms with Gasteiger partial charge in [-0.15, -0.1) is 0 Å². The molecule has 1 aromatic heterocycles. The lowest BCUT2D eigenvalue weighted by Crippen LogP contribution is -2.38. The summed E-state index contributed by atoms with van der Waals surface area (Å²) in [6, 6.07) is 0.533. The van der Waals surface area contributed by atoms with E-state index < -0.39 is 5.60 Å². The highest BCUT2D eigenvalue weighted by Crippen LogP contribution is 2.26. The van der Waals surface area contributed by atoms with Crippen molar-refractivity contribution >= 4 is 11.8 Å². The molecule has 0 saturated heterocycles. The van der Waals surface area contributed by atoms with Crippen LogP contribution in [0.1, 0.15) is 51.4 Å². The van der Waals surface area contributed by atoms with Crippen LogP contribution < -0.4 is 10.6 Å². The van der Waals surface area contributed by atoms with Gasteiger partial charge in [-0.05, 0) is 53.9 Å². The topological polar surface area (TPSA) is 68.2 Å². The molecule has 2 unspecified atom stereocenters. The fourth-order valence-electron chi connectivity index (χ4n) is 2.90. The van der Waals surface area contributed by atoms with E-state index in [0.29, 0.717) is 6.04 Å². The van der Waals surface area contributed by atoms with Gasteiger partial charge >= 0.3 is 6.09 Å². The standard InChI is InChI=1S/C16H28N4O2/c1-10-14(11(2)20(6)19-10)17-12-7-8-13(9-12)18-15(21)22-16(3,4)5/h12-13,17H,7-9H2,1-6H3,(H,18,21). The molecule has 22 heavy (non-hydrogen) atoms. The lowest BCUT2D eigenvalue weighted by molar-refractivity contribution is 0.0505. The Labute approximate surface area is 132 Å². The highest BCUT2D eigenvalue weighted by atomic mass is 16.6. The van der Waals surface area contributed by atoms with Crippen LogP contribution in [0.5, 0.6) is 0 Å². The first kappa shape index (κ1) is 16.6. The monoisotopic (exact) mass is 308 g/mol. The maximum Gasteiger partial charge on any atom is 0.407 e. The Balaban J connectivity index is 1.87. The number of nitrogens with one attached hydrogen (secondary N) is 2. The summed E-state index contributed by atoms with van der Waals surface area (Å²) in [5, 5.41) is 11.0. The lowest BCUT2D eigenvalue weighted by Gasteiger charge is -2.22. The van der Waals surface area contributed by atoms with Crippen molar-refractivity contribution in [2.24, 2.45) is 7.05 Å². The van der Waals surface area contributed by atoms with Gasteiger partial charge in [-0.3, -0.25) is 4.68 Å². The van der Waals surface area contributed by atoms with Gasteiger partial charge in [-0.1, -0.05) is 0 Å². The van der Waals surface area contributed by atoms with E-state index in [9.17, 15) is 4.79 Å². The van der Waals surface area contributed by atoms with Crippen LogP contribution in [0.3, 0.4) is 0 Å². The maximum absolute atomic E-state index is 11.8. The zero-order chi connectivity index (χ0) is 16.5. The lowest BCUT2D eigenvalue weighted by atomic mass is 10.2. The number of aryl methyl sites for hydroxylation is 2. The summed E-state index contributed by atoms with van der Waals surface area (Å²) in [5.41, 5.74) is 2.82. The fraction of sp³-hybridized carbons (Fsp3) is 0.750. The average Bonchev–Trinajstić information content (AvgIpc) is 2.88. The minimum absolute atomic E-state index is 0.171. The molecule has 6 heteroatoms. The molecule has 1 saturated carbocycles. The molecule has 1 amide bonds. The Kier molecular flexibility index (Phi) is 4.68. The Morgan fingerprint density at radius 2 is 1.91 bits per heavy atom. The first-order chi connectivity index (χ1) is 10.2. The van der Waals surface area contributed by atoms with Gasteiger partial charge in [0.05, 0.1) is 17.1 Å².